The minimum Gasteiger partial charge on any atom is -0.497 e. The summed E-state index contributed by atoms with van der Waals surface area (Å²) in [7, 11) is 4.64. The summed E-state index contributed by atoms with van der Waals surface area (Å²) >= 11 is 0. The van der Waals surface area contributed by atoms with Crippen LogP contribution < -0.4 is 19.5 Å². The number of hydrogen-bond donors (Lipinski definition) is 2. The van der Waals surface area contributed by atoms with Crippen molar-refractivity contribution >= 4 is 34.5 Å². The van der Waals surface area contributed by atoms with Gasteiger partial charge in [-0.05, 0) is 48.9 Å². The summed E-state index contributed by atoms with van der Waals surface area (Å²) in [6, 6.07) is 10.6. The molecule has 0 atom stereocenters. The molecule has 0 spiro atoms. The lowest BCUT2D eigenvalue weighted by molar-refractivity contribution is -0.111. The predicted octanol–water partition coefficient (Wildman–Crippen LogP) is 4.02. The van der Waals surface area contributed by atoms with E-state index in [2.05, 4.69) is 10.3 Å². The highest BCUT2D eigenvalue weighted by Crippen LogP contribution is 2.32. The van der Waals surface area contributed by atoms with Crippen molar-refractivity contribution in [2.45, 2.75) is 6.92 Å². The molecule has 0 saturated heterocycles. The van der Waals surface area contributed by atoms with Crippen LogP contribution in [0.4, 0.5) is 5.69 Å². The van der Waals surface area contributed by atoms with E-state index in [0.717, 1.165) is 5.56 Å². The second-order valence-electron chi connectivity index (χ2n) is 6.44. The Morgan fingerprint density at radius 2 is 1.77 bits per heavy atom. The fourth-order valence-electron chi connectivity index (χ4n) is 3.08. The highest BCUT2D eigenvalue weighted by atomic mass is 16.5. The van der Waals surface area contributed by atoms with E-state index in [1.54, 1.807) is 70.7 Å². The van der Waals surface area contributed by atoms with E-state index < -0.39 is 11.9 Å². The fraction of sp³-hybridized carbons (Fsp3) is 0.217. The molecule has 0 bridgehead atoms. The number of ether oxygens (including phenoxy) is 4. The van der Waals surface area contributed by atoms with Gasteiger partial charge in [0.1, 0.15) is 11.4 Å². The Labute approximate surface area is 179 Å². The molecular formula is C23H24N2O6. The van der Waals surface area contributed by atoms with Gasteiger partial charge in [-0.1, -0.05) is 6.07 Å². The second kappa shape index (κ2) is 9.71. The molecule has 0 saturated carbocycles. The molecule has 162 valence electrons. The number of carbonyl (C=O) groups excluding carboxylic acids is 2. The van der Waals surface area contributed by atoms with Gasteiger partial charge in [0.15, 0.2) is 11.5 Å². The highest BCUT2D eigenvalue weighted by molar-refractivity contribution is 6.13. The molecule has 0 aliphatic carbocycles. The lowest BCUT2D eigenvalue weighted by Gasteiger charge is -2.08. The number of carbonyl (C=O) groups is 2. The Kier molecular flexibility index (Phi) is 6.81. The van der Waals surface area contributed by atoms with Gasteiger partial charge in [0.25, 0.3) is 0 Å². The van der Waals surface area contributed by atoms with Crippen molar-refractivity contribution in [1.29, 1.82) is 0 Å². The SMILES string of the molecule is CCOC(=O)c1[nH]c2ccc(OC)cc2c1NC(=O)C=Cc1ccc(OC)c(OC)c1. The minimum atomic E-state index is -0.558. The van der Waals surface area contributed by atoms with Crippen molar-refractivity contribution in [3.63, 3.8) is 0 Å². The summed E-state index contributed by atoms with van der Waals surface area (Å²) < 4.78 is 20.9. The van der Waals surface area contributed by atoms with E-state index in [9.17, 15) is 9.59 Å². The van der Waals surface area contributed by atoms with E-state index in [1.165, 1.54) is 6.08 Å². The van der Waals surface area contributed by atoms with Crippen LogP contribution in [-0.4, -0.2) is 44.8 Å². The van der Waals surface area contributed by atoms with Crippen LogP contribution in [-0.2, 0) is 9.53 Å². The minimum absolute atomic E-state index is 0.165. The molecular weight excluding hydrogens is 400 g/mol. The van der Waals surface area contributed by atoms with Crippen LogP contribution in [0.1, 0.15) is 23.0 Å². The molecule has 2 aromatic carbocycles. The Morgan fingerprint density at radius 3 is 2.45 bits per heavy atom. The lowest BCUT2D eigenvalue weighted by Crippen LogP contribution is -2.13. The van der Waals surface area contributed by atoms with Gasteiger partial charge in [-0.15, -0.1) is 0 Å². The maximum Gasteiger partial charge on any atom is 0.356 e. The van der Waals surface area contributed by atoms with Crippen molar-refractivity contribution in [2.24, 2.45) is 0 Å². The molecule has 1 heterocycles. The summed E-state index contributed by atoms with van der Waals surface area (Å²) in [5.41, 5.74) is 1.91. The molecule has 0 aliphatic rings. The summed E-state index contributed by atoms with van der Waals surface area (Å²) in [6.45, 7) is 1.93. The molecule has 1 amide bonds. The number of methoxy groups -OCH3 is 3. The molecule has 0 radical (unpaired) electrons. The zero-order valence-corrected chi connectivity index (χ0v) is 17.8. The van der Waals surface area contributed by atoms with Gasteiger partial charge in [-0.2, -0.15) is 0 Å². The van der Waals surface area contributed by atoms with E-state index in [1.807, 2.05) is 0 Å². The van der Waals surface area contributed by atoms with Crippen molar-refractivity contribution in [3.05, 3.63) is 53.7 Å². The normalized spacial score (nSPS) is 10.8. The number of nitrogens with one attached hydrogen (secondary N) is 2. The van der Waals surface area contributed by atoms with Crippen molar-refractivity contribution in [1.82, 2.24) is 4.98 Å². The van der Waals surface area contributed by atoms with Gasteiger partial charge in [-0.3, -0.25) is 4.79 Å². The van der Waals surface area contributed by atoms with Crippen LogP contribution in [0.15, 0.2) is 42.5 Å². The Hall–Kier alpha value is -3.94. The van der Waals surface area contributed by atoms with Gasteiger partial charge >= 0.3 is 5.97 Å². The molecule has 8 heteroatoms. The van der Waals surface area contributed by atoms with Crippen LogP contribution in [0.25, 0.3) is 17.0 Å². The maximum atomic E-state index is 12.6. The van der Waals surface area contributed by atoms with Gasteiger partial charge in [0.2, 0.25) is 5.91 Å². The Bertz CT molecular complexity index is 1130. The summed E-state index contributed by atoms with van der Waals surface area (Å²) in [6.07, 6.45) is 3.01. The van der Waals surface area contributed by atoms with Crippen molar-refractivity contribution in [2.75, 3.05) is 33.3 Å². The van der Waals surface area contributed by atoms with E-state index in [4.69, 9.17) is 18.9 Å². The number of hydrogen-bond acceptors (Lipinski definition) is 6. The predicted molar refractivity (Wildman–Crippen MR) is 118 cm³/mol. The maximum absolute atomic E-state index is 12.6. The number of fused-ring (bicyclic) bond motifs is 1. The third-order valence-electron chi connectivity index (χ3n) is 4.57. The number of anilines is 1. The van der Waals surface area contributed by atoms with Gasteiger partial charge < -0.3 is 29.2 Å². The first-order valence-electron chi connectivity index (χ1n) is 9.58. The smallest absolute Gasteiger partial charge is 0.356 e. The molecule has 3 rings (SSSR count). The second-order valence-corrected chi connectivity index (χ2v) is 6.44. The number of aromatic nitrogens is 1. The third kappa shape index (κ3) is 4.80. The summed E-state index contributed by atoms with van der Waals surface area (Å²) in [4.78, 5) is 28.1. The average Bonchev–Trinajstić information content (AvgIpc) is 3.15. The Morgan fingerprint density at radius 1 is 1.00 bits per heavy atom. The van der Waals surface area contributed by atoms with E-state index in [-0.39, 0.29) is 12.3 Å². The molecule has 3 aromatic rings. The van der Waals surface area contributed by atoms with Crippen molar-refractivity contribution < 1.29 is 28.5 Å². The van der Waals surface area contributed by atoms with Gasteiger partial charge in [0, 0.05) is 17.0 Å². The highest BCUT2D eigenvalue weighted by Gasteiger charge is 2.20. The summed E-state index contributed by atoms with van der Waals surface area (Å²) in [5, 5.41) is 3.41. The number of amides is 1. The number of benzene rings is 2. The average molecular weight is 424 g/mol. The molecule has 31 heavy (non-hydrogen) atoms. The first-order valence-corrected chi connectivity index (χ1v) is 9.58. The lowest BCUT2D eigenvalue weighted by atomic mass is 10.1. The zero-order valence-electron chi connectivity index (χ0n) is 17.8. The van der Waals surface area contributed by atoms with Gasteiger partial charge in [-0.25, -0.2) is 4.79 Å². The summed E-state index contributed by atoms with van der Waals surface area (Å²) in [5.74, 6) is 0.772. The van der Waals surface area contributed by atoms with Gasteiger partial charge in [0.05, 0.1) is 33.6 Å². The third-order valence-corrected chi connectivity index (χ3v) is 4.57. The molecule has 8 nitrogen and oxygen atoms in total. The van der Waals surface area contributed by atoms with Crippen LogP contribution >= 0.6 is 0 Å². The van der Waals surface area contributed by atoms with E-state index in [0.29, 0.717) is 33.8 Å². The molecule has 0 unspecified atom stereocenters. The molecule has 2 N–H and O–H groups in total. The van der Waals surface area contributed by atoms with Crippen LogP contribution in [0.3, 0.4) is 0 Å². The number of aromatic amines is 1. The molecule has 0 aliphatic heterocycles. The first-order chi connectivity index (χ1) is 15.0. The Balaban J connectivity index is 1.90. The molecule has 1 aromatic heterocycles. The topological polar surface area (TPSA) is 98.9 Å². The zero-order chi connectivity index (χ0) is 22.4. The number of esters is 1. The number of rotatable bonds is 8. The van der Waals surface area contributed by atoms with Crippen LogP contribution in [0, 0.1) is 0 Å². The number of H-pyrrole nitrogens is 1. The van der Waals surface area contributed by atoms with Crippen molar-refractivity contribution in [3.8, 4) is 17.2 Å². The quantitative estimate of drug-likeness (QED) is 0.419. The van der Waals surface area contributed by atoms with Crippen LogP contribution in [0.5, 0.6) is 17.2 Å². The largest absolute Gasteiger partial charge is 0.497 e. The standard InChI is InChI=1S/C23H24N2O6/c1-5-31-23(27)22-21(16-13-15(28-2)8-9-17(16)24-22)25-20(26)11-7-14-6-10-18(29-3)19(12-14)30-4/h6-13,24H,5H2,1-4H3,(H,25,26). The fourth-order valence-corrected chi connectivity index (χ4v) is 3.08. The first kappa shape index (κ1) is 21.8. The molecule has 0 fully saturated rings. The monoisotopic (exact) mass is 424 g/mol. The van der Waals surface area contributed by atoms with E-state index >= 15 is 0 Å². The van der Waals surface area contributed by atoms with Crippen LogP contribution in [0.2, 0.25) is 0 Å².